The molecule has 0 saturated carbocycles. The first kappa shape index (κ1) is 15.1. The molecule has 2 saturated heterocycles. The molecule has 0 aromatic rings. The number of hydrogen-bond donors (Lipinski definition) is 1. The van der Waals surface area contributed by atoms with Crippen LogP contribution in [0.15, 0.2) is 0 Å². The van der Waals surface area contributed by atoms with Gasteiger partial charge in [-0.2, -0.15) is 0 Å². The summed E-state index contributed by atoms with van der Waals surface area (Å²) >= 11 is 0. The first-order valence-corrected chi connectivity index (χ1v) is 6.60. The SMILES string of the molecule is COCC(=O)N1CCN(C(=O)C2CC(F)(F)CN2)CC1. The van der Waals surface area contributed by atoms with Gasteiger partial charge >= 0.3 is 0 Å². The Hall–Kier alpha value is -1.28. The molecule has 2 heterocycles. The number of amides is 2. The van der Waals surface area contributed by atoms with Crippen molar-refractivity contribution in [2.75, 3.05) is 46.4 Å². The van der Waals surface area contributed by atoms with Gasteiger partial charge < -0.3 is 14.5 Å². The minimum Gasteiger partial charge on any atom is -0.375 e. The summed E-state index contributed by atoms with van der Waals surface area (Å²) in [5, 5.41) is 2.56. The summed E-state index contributed by atoms with van der Waals surface area (Å²) in [6, 6.07) is -0.814. The highest BCUT2D eigenvalue weighted by molar-refractivity contribution is 5.83. The third-order valence-corrected chi connectivity index (χ3v) is 3.62. The van der Waals surface area contributed by atoms with Crippen LogP contribution in [0.5, 0.6) is 0 Å². The fourth-order valence-electron chi connectivity index (χ4n) is 2.50. The second kappa shape index (κ2) is 6.01. The predicted molar refractivity (Wildman–Crippen MR) is 66.4 cm³/mol. The molecule has 0 spiro atoms. The molecule has 2 rings (SSSR count). The van der Waals surface area contributed by atoms with Crippen molar-refractivity contribution in [2.45, 2.75) is 18.4 Å². The maximum Gasteiger partial charge on any atom is 0.262 e. The molecule has 20 heavy (non-hydrogen) atoms. The van der Waals surface area contributed by atoms with Gasteiger partial charge in [0.05, 0.1) is 12.6 Å². The number of alkyl halides is 2. The van der Waals surface area contributed by atoms with Gasteiger partial charge in [0.15, 0.2) is 0 Å². The van der Waals surface area contributed by atoms with E-state index in [2.05, 4.69) is 5.32 Å². The number of hydrogen-bond acceptors (Lipinski definition) is 4. The zero-order chi connectivity index (χ0) is 14.8. The second-order valence-corrected chi connectivity index (χ2v) is 5.13. The Kier molecular flexibility index (Phi) is 4.54. The van der Waals surface area contributed by atoms with Crippen LogP contribution in [0.3, 0.4) is 0 Å². The highest BCUT2D eigenvalue weighted by atomic mass is 19.3. The minimum atomic E-state index is -2.81. The molecular weight excluding hydrogens is 272 g/mol. The lowest BCUT2D eigenvalue weighted by atomic mass is 10.1. The van der Waals surface area contributed by atoms with E-state index in [0.717, 1.165) is 0 Å². The quantitative estimate of drug-likeness (QED) is 0.747. The molecule has 2 aliphatic rings. The lowest BCUT2D eigenvalue weighted by Crippen LogP contribution is -2.54. The molecule has 0 aromatic carbocycles. The molecule has 1 unspecified atom stereocenters. The first-order valence-electron chi connectivity index (χ1n) is 6.60. The van der Waals surface area contributed by atoms with E-state index in [1.54, 1.807) is 4.90 Å². The molecule has 0 radical (unpaired) electrons. The smallest absolute Gasteiger partial charge is 0.262 e. The Labute approximate surface area is 116 Å². The average molecular weight is 291 g/mol. The van der Waals surface area contributed by atoms with Crippen LogP contribution < -0.4 is 5.32 Å². The van der Waals surface area contributed by atoms with E-state index in [9.17, 15) is 18.4 Å². The third kappa shape index (κ3) is 3.43. The number of rotatable bonds is 3. The van der Waals surface area contributed by atoms with E-state index in [1.165, 1.54) is 12.0 Å². The zero-order valence-electron chi connectivity index (χ0n) is 11.4. The van der Waals surface area contributed by atoms with E-state index >= 15 is 0 Å². The summed E-state index contributed by atoms with van der Waals surface area (Å²) in [5.41, 5.74) is 0. The third-order valence-electron chi connectivity index (χ3n) is 3.62. The van der Waals surface area contributed by atoms with Gasteiger partial charge in [0.1, 0.15) is 6.61 Å². The Morgan fingerprint density at radius 3 is 2.35 bits per heavy atom. The molecule has 1 atom stereocenters. The van der Waals surface area contributed by atoms with Gasteiger partial charge in [-0.05, 0) is 0 Å². The van der Waals surface area contributed by atoms with E-state index < -0.39 is 24.9 Å². The number of ether oxygens (including phenoxy) is 1. The van der Waals surface area contributed by atoms with Crippen molar-refractivity contribution in [3.05, 3.63) is 0 Å². The van der Waals surface area contributed by atoms with Gasteiger partial charge in [0, 0.05) is 39.7 Å². The van der Waals surface area contributed by atoms with Gasteiger partial charge in [-0.25, -0.2) is 8.78 Å². The molecule has 6 nitrogen and oxygen atoms in total. The summed E-state index contributed by atoms with van der Waals surface area (Å²) in [6.07, 6.45) is -0.450. The molecule has 2 aliphatic heterocycles. The number of carbonyl (C=O) groups is 2. The summed E-state index contributed by atoms with van der Waals surface area (Å²) in [6.45, 7) is 1.14. The highest BCUT2D eigenvalue weighted by Crippen LogP contribution is 2.26. The lowest BCUT2D eigenvalue weighted by molar-refractivity contribution is -0.142. The van der Waals surface area contributed by atoms with Gasteiger partial charge in [-0.3, -0.25) is 14.9 Å². The Bertz CT molecular complexity index is 384. The molecule has 1 N–H and O–H groups in total. The predicted octanol–water partition coefficient (Wildman–Crippen LogP) is -0.699. The van der Waals surface area contributed by atoms with Crippen LogP contribution in [-0.2, 0) is 14.3 Å². The maximum atomic E-state index is 13.1. The molecule has 0 bridgehead atoms. The van der Waals surface area contributed by atoms with Crippen LogP contribution >= 0.6 is 0 Å². The largest absolute Gasteiger partial charge is 0.375 e. The van der Waals surface area contributed by atoms with E-state index in [1.807, 2.05) is 0 Å². The number of methoxy groups -OCH3 is 1. The summed E-state index contributed by atoms with van der Waals surface area (Å²) in [5.74, 6) is -3.23. The van der Waals surface area contributed by atoms with Crippen LogP contribution in [0.25, 0.3) is 0 Å². The standard InChI is InChI=1S/C12H19F2N3O3/c1-20-7-10(18)16-2-4-17(5-3-16)11(19)9-6-12(13,14)8-15-9/h9,15H,2-8H2,1H3. The van der Waals surface area contributed by atoms with Gasteiger partial charge in [-0.1, -0.05) is 0 Å². The summed E-state index contributed by atoms with van der Waals surface area (Å²) < 4.78 is 30.9. The molecule has 0 aromatic heterocycles. The Morgan fingerprint density at radius 2 is 1.85 bits per heavy atom. The number of piperazine rings is 1. The number of nitrogens with zero attached hydrogens (tertiary/aromatic N) is 2. The van der Waals surface area contributed by atoms with Crippen molar-refractivity contribution < 1.29 is 23.1 Å². The molecule has 8 heteroatoms. The summed E-state index contributed by atoms with van der Waals surface area (Å²) in [7, 11) is 1.45. The Balaban J connectivity index is 1.82. The monoisotopic (exact) mass is 291 g/mol. The number of carbonyl (C=O) groups excluding carboxylic acids is 2. The molecule has 114 valence electrons. The van der Waals surface area contributed by atoms with Crippen molar-refractivity contribution in [2.24, 2.45) is 0 Å². The van der Waals surface area contributed by atoms with Gasteiger partial charge in [0.25, 0.3) is 5.92 Å². The topological polar surface area (TPSA) is 61.9 Å². The molecular formula is C12H19F2N3O3. The molecule has 2 amide bonds. The highest BCUT2D eigenvalue weighted by Gasteiger charge is 2.43. The van der Waals surface area contributed by atoms with Crippen molar-refractivity contribution in [3.63, 3.8) is 0 Å². The minimum absolute atomic E-state index is 0.0182. The first-order chi connectivity index (χ1) is 9.43. The second-order valence-electron chi connectivity index (χ2n) is 5.13. The van der Waals surface area contributed by atoms with Gasteiger partial charge in [-0.15, -0.1) is 0 Å². The van der Waals surface area contributed by atoms with E-state index in [-0.39, 0.29) is 18.4 Å². The Morgan fingerprint density at radius 1 is 1.25 bits per heavy atom. The van der Waals surface area contributed by atoms with E-state index in [0.29, 0.717) is 26.2 Å². The van der Waals surface area contributed by atoms with Crippen molar-refractivity contribution in [1.82, 2.24) is 15.1 Å². The van der Waals surface area contributed by atoms with Crippen molar-refractivity contribution in [3.8, 4) is 0 Å². The van der Waals surface area contributed by atoms with Crippen LogP contribution in [0.4, 0.5) is 8.78 Å². The summed E-state index contributed by atoms with van der Waals surface area (Å²) in [4.78, 5) is 26.8. The van der Waals surface area contributed by atoms with Crippen LogP contribution in [0, 0.1) is 0 Å². The average Bonchev–Trinajstić information content (AvgIpc) is 2.79. The molecule has 2 fully saturated rings. The maximum absolute atomic E-state index is 13.1. The van der Waals surface area contributed by atoms with Gasteiger partial charge in [0.2, 0.25) is 11.8 Å². The number of halogens is 2. The van der Waals surface area contributed by atoms with Crippen LogP contribution in [0.2, 0.25) is 0 Å². The normalized spacial score (nSPS) is 25.9. The van der Waals surface area contributed by atoms with Crippen LogP contribution in [0.1, 0.15) is 6.42 Å². The number of nitrogens with one attached hydrogen (secondary N) is 1. The fourth-order valence-corrected chi connectivity index (χ4v) is 2.50. The van der Waals surface area contributed by atoms with Crippen molar-refractivity contribution >= 4 is 11.8 Å². The van der Waals surface area contributed by atoms with Crippen LogP contribution in [-0.4, -0.2) is 80.0 Å². The van der Waals surface area contributed by atoms with E-state index in [4.69, 9.17) is 4.74 Å². The van der Waals surface area contributed by atoms with Crippen molar-refractivity contribution in [1.29, 1.82) is 0 Å². The lowest BCUT2D eigenvalue weighted by Gasteiger charge is -2.35. The molecule has 0 aliphatic carbocycles. The zero-order valence-corrected chi connectivity index (χ0v) is 11.4. The fraction of sp³-hybridized carbons (Fsp3) is 0.833.